The van der Waals surface area contributed by atoms with Gasteiger partial charge in [0, 0.05) is 6.04 Å². The Labute approximate surface area is 105 Å². The van der Waals surface area contributed by atoms with E-state index in [2.05, 4.69) is 39.0 Å². The first-order valence-electron chi connectivity index (χ1n) is 6.48. The minimum absolute atomic E-state index is 0.278. The molecule has 2 nitrogen and oxygen atoms in total. The maximum absolute atomic E-state index is 5.84. The summed E-state index contributed by atoms with van der Waals surface area (Å²) in [5.74, 6) is 1.56. The quantitative estimate of drug-likeness (QED) is 0.817. The number of aryl methyl sites for hydroxylation is 1. The van der Waals surface area contributed by atoms with E-state index in [-0.39, 0.29) is 6.04 Å². The molecule has 0 fully saturated rings. The topological polar surface area (TPSA) is 35.2 Å². The summed E-state index contributed by atoms with van der Waals surface area (Å²) in [6.45, 7) is 6.43. The molecule has 1 aromatic carbocycles. The molecule has 2 N–H and O–H groups in total. The number of nitrogens with two attached hydrogens (primary N) is 1. The Morgan fingerprint density at radius 1 is 1.29 bits per heavy atom. The average Bonchev–Trinajstić information content (AvgIpc) is 2.30. The normalized spacial score (nSPS) is 14.4. The zero-order chi connectivity index (χ0) is 12.8. The highest BCUT2D eigenvalue weighted by Crippen LogP contribution is 2.33. The summed E-state index contributed by atoms with van der Waals surface area (Å²) in [6.07, 6.45) is 3.33. The maximum Gasteiger partial charge on any atom is 0.122 e. The molecular weight excluding hydrogens is 210 g/mol. The van der Waals surface area contributed by atoms with Crippen LogP contribution in [0.2, 0.25) is 0 Å². The molecule has 0 amide bonds. The van der Waals surface area contributed by atoms with Crippen molar-refractivity contribution in [3.05, 3.63) is 29.3 Å². The molecule has 0 bridgehead atoms. The van der Waals surface area contributed by atoms with Crippen molar-refractivity contribution in [3.63, 3.8) is 0 Å². The number of methoxy groups -OCH3 is 1. The summed E-state index contributed by atoms with van der Waals surface area (Å²) in [6, 6.07) is 6.69. The molecule has 0 aliphatic rings. The second kappa shape index (κ2) is 6.65. The van der Waals surface area contributed by atoms with Crippen LogP contribution in [0.4, 0.5) is 0 Å². The third kappa shape index (κ3) is 4.04. The first-order chi connectivity index (χ1) is 8.08. The largest absolute Gasteiger partial charge is 0.496 e. The predicted octanol–water partition coefficient (Wildman–Crippen LogP) is 3.62. The van der Waals surface area contributed by atoms with Gasteiger partial charge < -0.3 is 10.5 Å². The summed E-state index contributed by atoms with van der Waals surface area (Å²) in [5.41, 5.74) is 8.46. The van der Waals surface area contributed by atoms with Crippen LogP contribution in [0.1, 0.15) is 50.2 Å². The van der Waals surface area contributed by atoms with Gasteiger partial charge in [-0.15, -0.1) is 0 Å². The Balaban J connectivity index is 2.89. The Bertz CT molecular complexity index is 347. The minimum atomic E-state index is 0.278. The third-order valence-corrected chi connectivity index (χ3v) is 3.29. The molecule has 2 unspecified atom stereocenters. The number of hydrogen-bond acceptors (Lipinski definition) is 2. The molecule has 0 saturated heterocycles. The van der Waals surface area contributed by atoms with E-state index in [0.717, 1.165) is 25.0 Å². The van der Waals surface area contributed by atoms with Crippen LogP contribution in [-0.2, 0) is 0 Å². The fraction of sp³-hybridized carbons (Fsp3) is 0.600. The van der Waals surface area contributed by atoms with Gasteiger partial charge in [-0.05, 0) is 50.7 Å². The van der Waals surface area contributed by atoms with E-state index in [4.69, 9.17) is 10.5 Å². The van der Waals surface area contributed by atoms with Crippen molar-refractivity contribution in [1.82, 2.24) is 0 Å². The van der Waals surface area contributed by atoms with E-state index < -0.39 is 0 Å². The molecule has 0 heterocycles. The van der Waals surface area contributed by atoms with Gasteiger partial charge in [0.15, 0.2) is 0 Å². The van der Waals surface area contributed by atoms with Crippen molar-refractivity contribution in [1.29, 1.82) is 0 Å². The fourth-order valence-electron chi connectivity index (χ4n) is 2.22. The molecular formula is C15H25NO. The lowest BCUT2D eigenvalue weighted by atomic mass is 9.89. The van der Waals surface area contributed by atoms with E-state index in [1.807, 2.05) is 0 Å². The maximum atomic E-state index is 5.84. The van der Waals surface area contributed by atoms with Gasteiger partial charge >= 0.3 is 0 Å². The summed E-state index contributed by atoms with van der Waals surface area (Å²) in [7, 11) is 1.74. The van der Waals surface area contributed by atoms with Crippen LogP contribution in [-0.4, -0.2) is 13.2 Å². The Morgan fingerprint density at radius 3 is 2.53 bits per heavy atom. The van der Waals surface area contributed by atoms with Gasteiger partial charge in [0.1, 0.15) is 5.75 Å². The molecule has 1 aromatic rings. The molecule has 17 heavy (non-hydrogen) atoms. The van der Waals surface area contributed by atoms with Crippen LogP contribution < -0.4 is 10.5 Å². The minimum Gasteiger partial charge on any atom is -0.496 e. The van der Waals surface area contributed by atoms with Gasteiger partial charge in [0.05, 0.1) is 7.11 Å². The van der Waals surface area contributed by atoms with Crippen LogP contribution in [0.15, 0.2) is 18.2 Å². The molecule has 0 radical (unpaired) electrons. The SMILES string of the molecule is CCC(CCC(C)N)c1cc(C)ccc1OC. The number of benzene rings is 1. The smallest absolute Gasteiger partial charge is 0.122 e. The lowest BCUT2D eigenvalue weighted by Gasteiger charge is -2.20. The van der Waals surface area contributed by atoms with Crippen LogP contribution in [0.3, 0.4) is 0 Å². The first-order valence-corrected chi connectivity index (χ1v) is 6.48. The highest BCUT2D eigenvalue weighted by molar-refractivity contribution is 5.39. The van der Waals surface area contributed by atoms with Crippen molar-refractivity contribution in [3.8, 4) is 5.75 Å². The monoisotopic (exact) mass is 235 g/mol. The second-order valence-corrected chi connectivity index (χ2v) is 4.91. The predicted molar refractivity (Wildman–Crippen MR) is 73.6 cm³/mol. The summed E-state index contributed by atoms with van der Waals surface area (Å²) in [5, 5.41) is 0. The van der Waals surface area contributed by atoms with Crippen molar-refractivity contribution >= 4 is 0 Å². The zero-order valence-corrected chi connectivity index (χ0v) is 11.5. The van der Waals surface area contributed by atoms with E-state index in [1.54, 1.807) is 7.11 Å². The molecule has 2 atom stereocenters. The Hall–Kier alpha value is -1.02. The highest BCUT2D eigenvalue weighted by atomic mass is 16.5. The Kier molecular flexibility index (Phi) is 5.49. The van der Waals surface area contributed by atoms with E-state index in [9.17, 15) is 0 Å². The average molecular weight is 235 g/mol. The van der Waals surface area contributed by atoms with Crippen molar-refractivity contribution in [2.75, 3.05) is 7.11 Å². The van der Waals surface area contributed by atoms with Gasteiger partial charge in [-0.1, -0.05) is 24.6 Å². The molecule has 0 aliphatic carbocycles. The first kappa shape index (κ1) is 14.0. The van der Waals surface area contributed by atoms with Crippen molar-refractivity contribution < 1.29 is 4.74 Å². The molecule has 0 aliphatic heterocycles. The lowest BCUT2D eigenvalue weighted by molar-refractivity contribution is 0.400. The van der Waals surface area contributed by atoms with Gasteiger partial charge in [-0.25, -0.2) is 0 Å². The number of ether oxygens (including phenoxy) is 1. The van der Waals surface area contributed by atoms with Crippen LogP contribution in [0.5, 0.6) is 5.75 Å². The molecule has 0 saturated carbocycles. The fourth-order valence-corrected chi connectivity index (χ4v) is 2.22. The van der Waals surface area contributed by atoms with E-state index in [0.29, 0.717) is 5.92 Å². The van der Waals surface area contributed by atoms with Crippen LogP contribution >= 0.6 is 0 Å². The third-order valence-electron chi connectivity index (χ3n) is 3.29. The summed E-state index contributed by atoms with van der Waals surface area (Å²) >= 11 is 0. The van der Waals surface area contributed by atoms with Gasteiger partial charge in [-0.3, -0.25) is 0 Å². The second-order valence-electron chi connectivity index (χ2n) is 4.91. The highest BCUT2D eigenvalue weighted by Gasteiger charge is 2.15. The van der Waals surface area contributed by atoms with Gasteiger partial charge in [0.25, 0.3) is 0 Å². The summed E-state index contributed by atoms with van der Waals surface area (Å²) in [4.78, 5) is 0. The molecule has 1 rings (SSSR count). The number of rotatable bonds is 6. The number of hydrogen-bond donors (Lipinski definition) is 1. The van der Waals surface area contributed by atoms with Crippen molar-refractivity contribution in [2.45, 2.75) is 52.0 Å². The molecule has 2 heteroatoms. The molecule has 96 valence electrons. The Morgan fingerprint density at radius 2 is 2.00 bits per heavy atom. The van der Waals surface area contributed by atoms with Crippen LogP contribution in [0, 0.1) is 6.92 Å². The molecule has 0 spiro atoms. The van der Waals surface area contributed by atoms with Crippen LogP contribution in [0.25, 0.3) is 0 Å². The lowest BCUT2D eigenvalue weighted by Crippen LogP contribution is -2.16. The molecule has 0 aromatic heterocycles. The standard InChI is InChI=1S/C15H25NO/c1-5-13(8-7-12(3)16)14-10-11(2)6-9-15(14)17-4/h6,9-10,12-13H,5,7-8,16H2,1-4H3. The van der Waals surface area contributed by atoms with Crippen molar-refractivity contribution in [2.24, 2.45) is 5.73 Å². The van der Waals surface area contributed by atoms with Gasteiger partial charge in [0.2, 0.25) is 0 Å². The van der Waals surface area contributed by atoms with Gasteiger partial charge in [-0.2, -0.15) is 0 Å². The summed E-state index contributed by atoms with van der Waals surface area (Å²) < 4.78 is 5.46. The van der Waals surface area contributed by atoms with E-state index in [1.165, 1.54) is 11.1 Å². The van der Waals surface area contributed by atoms with E-state index >= 15 is 0 Å². The zero-order valence-electron chi connectivity index (χ0n) is 11.5.